The Morgan fingerprint density at radius 3 is 2.50 bits per heavy atom. The number of carbonyl (C=O) groups is 1. The van der Waals surface area contributed by atoms with Crippen molar-refractivity contribution in [2.24, 2.45) is 4.99 Å². The van der Waals surface area contributed by atoms with Gasteiger partial charge in [-0.25, -0.2) is 28.5 Å². The minimum atomic E-state index is -1.31. The number of amidine groups is 1. The molecule has 8 heteroatoms. The molecule has 0 saturated heterocycles. The summed E-state index contributed by atoms with van der Waals surface area (Å²) in [4.78, 5) is 25.2. The fraction of sp³-hybridized carbons (Fsp3) is 0.222. The molecule has 1 N–H and O–H groups in total. The van der Waals surface area contributed by atoms with Crippen molar-refractivity contribution in [3.8, 4) is 0 Å². The summed E-state index contributed by atoms with van der Waals surface area (Å²) in [5, 5.41) is 2.98. The molecule has 1 atom stereocenters. The number of halogens is 2. The number of carbonyl (C=O) groups excluding carboxylic acids is 1. The molecule has 134 valence electrons. The molecule has 0 radical (unpaired) electrons. The largest absolute Gasteiger partial charge is 0.466 e. The number of methoxy groups -OCH3 is 1. The zero-order valence-electron chi connectivity index (χ0n) is 14.4. The van der Waals surface area contributed by atoms with Crippen molar-refractivity contribution in [2.45, 2.75) is 19.4 Å². The molecule has 0 amide bonds. The van der Waals surface area contributed by atoms with E-state index in [0.717, 1.165) is 12.1 Å². The Bertz CT molecular complexity index is 928. The monoisotopic (exact) mass is 358 g/mol. The van der Waals surface area contributed by atoms with E-state index in [1.54, 1.807) is 32.3 Å². The lowest BCUT2D eigenvalue weighted by atomic mass is 9.82. The van der Waals surface area contributed by atoms with Crippen LogP contribution in [0.25, 0.3) is 0 Å². The average molecular weight is 358 g/mol. The number of nitrogens with zero attached hydrogens (tertiary/aromatic N) is 3. The summed E-state index contributed by atoms with van der Waals surface area (Å²) in [5.41, 5.74) is -0.371. The van der Waals surface area contributed by atoms with Crippen LogP contribution in [0.1, 0.15) is 25.2 Å². The van der Waals surface area contributed by atoms with Crippen molar-refractivity contribution in [2.75, 3.05) is 7.11 Å². The van der Waals surface area contributed by atoms with E-state index in [1.807, 2.05) is 0 Å². The van der Waals surface area contributed by atoms with Crippen LogP contribution in [0.5, 0.6) is 0 Å². The van der Waals surface area contributed by atoms with Gasteiger partial charge in [-0.1, -0.05) is 6.07 Å². The van der Waals surface area contributed by atoms with Gasteiger partial charge in [0.05, 0.1) is 12.7 Å². The zero-order chi connectivity index (χ0) is 18.9. The van der Waals surface area contributed by atoms with Crippen LogP contribution < -0.4 is 5.32 Å². The predicted molar refractivity (Wildman–Crippen MR) is 90.1 cm³/mol. The van der Waals surface area contributed by atoms with Gasteiger partial charge in [-0.15, -0.1) is 0 Å². The molecular weight excluding hydrogens is 342 g/mol. The molecule has 2 aromatic rings. The van der Waals surface area contributed by atoms with Gasteiger partial charge in [0.25, 0.3) is 0 Å². The van der Waals surface area contributed by atoms with E-state index in [-0.39, 0.29) is 5.57 Å². The molecule has 1 aromatic carbocycles. The molecule has 1 unspecified atom stereocenters. The Hall–Kier alpha value is -3.16. The molecular formula is C18H16F2N4O2. The van der Waals surface area contributed by atoms with Gasteiger partial charge >= 0.3 is 5.97 Å². The molecule has 0 spiro atoms. The van der Waals surface area contributed by atoms with Gasteiger partial charge in [0.15, 0.2) is 23.3 Å². The lowest BCUT2D eigenvalue weighted by molar-refractivity contribution is -0.137. The number of hydrogen-bond donors (Lipinski definition) is 1. The van der Waals surface area contributed by atoms with Crippen molar-refractivity contribution in [3.63, 3.8) is 0 Å². The van der Waals surface area contributed by atoms with E-state index in [4.69, 9.17) is 4.74 Å². The third-order valence-electron chi connectivity index (χ3n) is 4.15. The maximum Gasteiger partial charge on any atom is 0.338 e. The van der Waals surface area contributed by atoms with Gasteiger partial charge in [0.2, 0.25) is 0 Å². The molecule has 0 bridgehead atoms. The standard InChI is InChI=1S/C18H16F2N4O2/c1-10-14(17(25)26-3)18(2,11-5-6-12(19)13(20)9-11)24-16(23-10)15-21-7-4-8-22-15/h4-9H,1-3H3,(H,23,24). The third-order valence-corrected chi connectivity index (χ3v) is 4.15. The first-order chi connectivity index (χ1) is 12.4. The van der Waals surface area contributed by atoms with Gasteiger partial charge in [-0.3, -0.25) is 0 Å². The Labute approximate surface area is 148 Å². The van der Waals surface area contributed by atoms with Crippen LogP contribution in [0.3, 0.4) is 0 Å². The summed E-state index contributed by atoms with van der Waals surface area (Å²) in [7, 11) is 1.24. The van der Waals surface area contributed by atoms with E-state index >= 15 is 0 Å². The molecule has 2 heterocycles. The first-order valence-corrected chi connectivity index (χ1v) is 7.76. The van der Waals surface area contributed by atoms with E-state index < -0.39 is 23.1 Å². The summed E-state index contributed by atoms with van der Waals surface area (Å²) in [6.45, 7) is 3.29. The number of benzene rings is 1. The molecule has 6 nitrogen and oxygen atoms in total. The maximum atomic E-state index is 13.8. The van der Waals surface area contributed by atoms with Crippen LogP contribution in [0.4, 0.5) is 8.78 Å². The number of rotatable bonds is 3. The predicted octanol–water partition coefficient (Wildman–Crippen LogP) is 2.47. The lowest BCUT2D eigenvalue weighted by Crippen LogP contribution is -2.41. The second-order valence-electron chi connectivity index (χ2n) is 5.85. The number of hydrogen-bond acceptors (Lipinski definition) is 6. The summed E-state index contributed by atoms with van der Waals surface area (Å²) in [6, 6.07) is 5.05. The van der Waals surface area contributed by atoms with Crippen LogP contribution in [-0.4, -0.2) is 28.9 Å². The van der Waals surface area contributed by atoms with Gasteiger partial charge in [0.1, 0.15) is 5.54 Å². The molecule has 0 saturated carbocycles. The molecule has 1 aromatic heterocycles. The number of aliphatic imine (C=N–C) groups is 1. The molecule has 0 fully saturated rings. The number of aromatic nitrogens is 2. The topological polar surface area (TPSA) is 76.5 Å². The Balaban J connectivity index is 2.22. The molecule has 26 heavy (non-hydrogen) atoms. The van der Waals surface area contributed by atoms with Crippen LogP contribution in [0.2, 0.25) is 0 Å². The van der Waals surface area contributed by atoms with E-state index in [0.29, 0.717) is 22.9 Å². The fourth-order valence-corrected chi connectivity index (χ4v) is 2.90. The van der Waals surface area contributed by atoms with Gasteiger partial charge in [-0.2, -0.15) is 0 Å². The first kappa shape index (κ1) is 17.7. The SMILES string of the molecule is COC(=O)C1=C(C)NC(c2ncccn2)=NC1(C)c1ccc(F)c(F)c1. The number of nitrogens with one attached hydrogen (secondary N) is 1. The van der Waals surface area contributed by atoms with Crippen molar-refractivity contribution >= 4 is 11.8 Å². The second kappa shape index (κ2) is 6.62. The highest BCUT2D eigenvalue weighted by Crippen LogP contribution is 2.38. The highest BCUT2D eigenvalue weighted by atomic mass is 19.2. The number of allylic oxidation sites excluding steroid dienone is 1. The van der Waals surface area contributed by atoms with Crippen molar-refractivity contribution in [1.29, 1.82) is 0 Å². The van der Waals surface area contributed by atoms with Crippen molar-refractivity contribution in [1.82, 2.24) is 15.3 Å². The minimum absolute atomic E-state index is 0.186. The van der Waals surface area contributed by atoms with Crippen LogP contribution in [-0.2, 0) is 15.1 Å². The first-order valence-electron chi connectivity index (χ1n) is 7.76. The van der Waals surface area contributed by atoms with E-state index in [2.05, 4.69) is 20.3 Å². The normalized spacial score (nSPS) is 19.7. The Kier molecular flexibility index (Phi) is 4.50. The van der Waals surface area contributed by atoms with Crippen molar-refractivity contribution < 1.29 is 18.3 Å². The molecule has 0 aliphatic carbocycles. The number of esters is 1. The summed E-state index contributed by atoms with van der Waals surface area (Å²) in [6.07, 6.45) is 3.10. The van der Waals surface area contributed by atoms with E-state index in [9.17, 15) is 13.6 Å². The maximum absolute atomic E-state index is 13.8. The third kappa shape index (κ3) is 2.94. The summed E-state index contributed by atoms with van der Waals surface area (Å²) < 4.78 is 32.1. The van der Waals surface area contributed by atoms with Crippen LogP contribution in [0.15, 0.2) is 52.9 Å². The Morgan fingerprint density at radius 1 is 1.19 bits per heavy atom. The number of ether oxygens (including phenoxy) is 1. The lowest BCUT2D eigenvalue weighted by Gasteiger charge is -2.34. The molecule has 1 aliphatic rings. The fourth-order valence-electron chi connectivity index (χ4n) is 2.90. The average Bonchev–Trinajstić information content (AvgIpc) is 2.63. The van der Waals surface area contributed by atoms with Gasteiger partial charge < -0.3 is 10.1 Å². The van der Waals surface area contributed by atoms with E-state index in [1.165, 1.54) is 13.2 Å². The second-order valence-corrected chi connectivity index (χ2v) is 5.85. The molecule has 3 rings (SSSR count). The van der Waals surface area contributed by atoms with Crippen molar-refractivity contribution in [3.05, 3.63) is 71.0 Å². The minimum Gasteiger partial charge on any atom is -0.466 e. The highest BCUT2D eigenvalue weighted by molar-refractivity contribution is 6.02. The summed E-state index contributed by atoms with van der Waals surface area (Å²) >= 11 is 0. The Morgan fingerprint density at radius 2 is 1.88 bits per heavy atom. The smallest absolute Gasteiger partial charge is 0.338 e. The van der Waals surface area contributed by atoms with Gasteiger partial charge in [-0.05, 0) is 37.6 Å². The zero-order valence-corrected chi connectivity index (χ0v) is 14.4. The van der Waals surface area contributed by atoms with Crippen LogP contribution in [0, 0.1) is 11.6 Å². The van der Waals surface area contributed by atoms with Crippen LogP contribution >= 0.6 is 0 Å². The quantitative estimate of drug-likeness (QED) is 0.853. The highest BCUT2D eigenvalue weighted by Gasteiger charge is 2.41. The molecule has 1 aliphatic heterocycles. The van der Waals surface area contributed by atoms with Gasteiger partial charge in [0, 0.05) is 18.1 Å². The summed E-state index contributed by atoms with van der Waals surface area (Å²) in [5.74, 6) is -2.02.